The van der Waals surface area contributed by atoms with Crippen LogP contribution < -0.4 is 5.32 Å². The van der Waals surface area contributed by atoms with Gasteiger partial charge < -0.3 is 10.4 Å². The summed E-state index contributed by atoms with van der Waals surface area (Å²) in [6, 6.07) is 0. The fourth-order valence-electron chi connectivity index (χ4n) is 1.35. The van der Waals surface area contributed by atoms with Crippen molar-refractivity contribution in [2.45, 2.75) is 52.9 Å². The van der Waals surface area contributed by atoms with E-state index in [1.807, 2.05) is 20.8 Å². The van der Waals surface area contributed by atoms with Gasteiger partial charge in [0.05, 0.1) is 0 Å². The molecule has 0 aliphatic rings. The Kier molecular flexibility index (Phi) is 6.77. The van der Waals surface area contributed by atoms with E-state index in [1.54, 1.807) is 0 Å². The average Bonchev–Trinajstić information content (AvgIpc) is 2.07. The molecule has 0 aromatic carbocycles. The van der Waals surface area contributed by atoms with Gasteiger partial charge in [0.1, 0.15) is 0 Å². The van der Waals surface area contributed by atoms with E-state index >= 15 is 0 Å². The van der Waals surface area contributed by atoms with Crippen LogP contribution in [0.1, 0.15) is 52.9 Å². The smallest absolute Gasteiger partial charge is 0.303 e. The first-order chi connectivity index (χ1) is 7.31. The molecular formula is C12H23NO3. The van der Waals surface area contributed by atoms with Gasteiger partial charge >= 0.3 is 5.97 Å². The lowest BCUT2D eigenvalue weighted by Crippen LogP contribution is -2.28. The second-order valence-corrected chi connectivity index (χ2v) is 5.29. The first kappa shape index (κ1) is 14.9. The number of hydrogen-bond acceptors (Lipinski definition) is 2. The molecule has 0 rings (SSSR count). The number of hydrogen-bond donors (Lipinski definition) is 2. The molecular weight excluding hydrogens is 206 g/mol. The van der Waals surface area contributed by atoms with Crippen LogP contribution in [0, 0.1) is 5.41 Å². The fourth-order valence-corrected chi connectivity index (χ4v) is 1.35. The van der Waals surface area contributed by atoms with Crippen molar-refractivity contribution in [1.29, 1.82) is 0 Å². The Morgan fingerprint density at radius 3 is 2.25 bits per heavy atom. The number of carbonyl (C=O) groups excluding carboxylic acids is 1. The van der Waals surface area contributed by atoms with E-state index in [0.717, 1.165) is 12.8 Å². The summed E-state index contributed by atoms with van der Waals surface area (Å²) in [7, 11) is 0. The third-order valence-corrected chi connectivity index (χ3v) is 2.08. The zero-order valence-corrected chi connectivity index (χ0v) is 10.5. The molecule has 0 unspecified atom stereocenters. The van der Waals surface area contributed by atoms with E-state index < -0.39 is 5.97 Å². The van der Waals surface area contributed by atoms with Crippen molar-refractivity contribution in [3.63, 3.8) is 0 Å². The minimum Gasteiger partial charge on any atom is -0.481 e. The molecule has 0 aromatic rings. The SMILES string of the molecule is CC(C)(C)CC(=O)NCCCCCC(=O)O. The summed E-state index contributed by atoms with van der Waals surface area (Å²) >= 11 is 0. The standard InChI is InChI=1S/C12H23NO3/c1-12(2,3)9-10(14)13-8-6-4-5-7-11(15)16/h4-9H2,1-3H3,(H,13,14)(H,15,16). The maximum absolute atomic E-state index is 11.4. The number of amides is 1. The summed E-state index contributed by atoms with van der Waals surface area (Å²) in [5.74, 6) is -0.678. The van der Waals surface area contributed by atoms with Crippen molar-refractivity contribution in [3.8, 4) is 0 Å². The predicted molar refractivity (Wildman–Crippen MR) is 63.2 cm³/mol. The van der Waals surface area contributed by atoms with Gasteiger partial charge in [-0.15, -0.1) is 0 Å². The third kappa shape index (κ3) is 11.0. The number of aliphatic carboxylic acids is 1. The summed E-state index contributed by atoms with van der Waals surface area (Å²) in [6.45, 7) is 6.73. The molecule has 0 heterocycles. The van der Waals surface area contributed by atoms with Crippen LogP contribution in [-0.2, 0) is 9.59 Å². The highest BCUT2D eigenvalue weighted by atomic mass is 16.4. The number of carboxylic acid groups (broad SMARTS) is 1. The van der Waals surface area contributed by atoms with Crippen molar-refractivity contribution < 1.29 is 14.7 Å². The Hall–Kier alpha value is -1.06. The molecule has 0 fully saturated rings. The highest BCUT2D eigenvalue weighted by Crippen LogP contribution is 2.17. The predicted octanol–water partition coefficient (Wildman–Crippen LogP) is 2.18. The number of carbonyl (C=O) groups is 2. The van der Waals surface area contributed by atoms with Gasteiger partial charge in [-0.2, -0.15) is 0 Å². The Labute approximate surface area is 97.4 Å². The molecule has 0 aromatic heterocycles. The molecule has 2 N–H and O–H groups in total. The number of rotatable bonds is 7. The molecule has 16 heavy (non-hydrogen) atoms. The van der Waals surface area contributed by atoms with E-state index in [1.165, 1.54) is 0 Å². The van der Waals surface area contributed by atoms with E-state index in [-0.39, 0.29) is 17.7 Å². The van der Waals surface area contributed by atoms with E-state index in [0.29, 0.717) is 19.4 Å². The van der Waals surface area contributed by atoms with Gasteiger partial charge in [0.2, 0.25) is 5.91 Å². The van der Waals surface area contributed by atoms with Crippen LogP contribution in [0.2, 0.25) is 0 Å². The van der Waals surface area contributed by atoms with Crippen LogP contribution in [0.4, 0.5) is 0 Å². The molecule has 0 atom stereocenters. The molecule has 0 spiro atoms. The lowest BCUT2D eigenvalue weighted by atomic mass is 9.92. The van der Waals surface area contributed by atoms with Gasteiger partial charge in [-0.1, -0.05) is 27.2 Å². The van der Waals surface area contributed by atoms with Crippen molar-refractivity contribution in [3.05, 3.63) is 0 Å². The van der Waals surface area contributed by atoms with Gasteiger partial charge in [-0.05, 0) is 18.3 Å². The van der Waals surface area contributed by atoms with Gasteiger partial charge in [-0.25, -0.2) is 0 Å². The molecule has 94 valence electrons. The normalized spacial score (nSPS) is 11.2. The second kappa shape index (κ2) is 7.25. The van der Waals surface area contributed by atoms with Crippen molar-refractivity contribution in [1.82, 2.24) is 5.32 Å². The Bertz CT molecular complexity index is 231. The number of nitrogens with one attached hydrogen (secondary N) is 1. The van der Waals surface area contributed by atoms with Gasteiger partial charge in [0.15, 0.2) is 0 Å². The van der Waals surface area contributed by atoms with E-state index in [2.05, 4.69) is 5.32 Å². The Morgan fingerprint density at radius 2 is 1.75 bits per heavy atom. The topological polar surface area (TPSA) is 66.4 Å². The molecule has 1 amide bonds. The molecule has 0 aliphatic heterocycles. The Morgan fingerprint density at radius 1 is 1.12 bits per heavy atom. The monoisotopic (exact) mass is 229 g/mol. The quantitative estimate of drug-likeness (QED) is 0.657. The van der Waals surface area contributed by atoms with Gasteiger partial charge in [0.25, 0.3) is 0 Å². The minimum atomic E-state index is -0.753. The fraction of sp³-hybridized carbons (Fsp3) is 0.833. The van der Waals surface area contributed by atoms with Crippen molar-refractivity contribution in [2.75, 3.05) is 6.54 Å². The number of unbranched alkanes of at least 4 members (excludes halogenated alkanes) is 2. The van der Waals surface area contributed by atoms with Crippen LogP contribution in [-0.4, -0.2) is 23.5 Å². The molecule has 0 radical (unpaired) electrons. The lowest BCUT2D eigenvalue weighted by Gasteiger charge is -2.17. The van der Waals surface area contributed by atoms with Crippen LogP contribution in [0.25, 0.3) is 0 Å². The molecule has 4 heteroatoms. The first-order valence-electron chi connectivity index (χ1n) is 5.80. The van der Waals surface area contributed by atoms with Crippen LogP contribution in [0.15, 0.2) is 0 Å². The molecule has 0 aliphatic carbocycles. The van der Waals surface area contributed by atoms with Gasteiger partial charge in [-0.3, -0.25) is 9.59 Å². The van der Waals surface area contributed by atoms with E-state index in [4.69, 9.17) is 5.11 Å². The summed E-state index contributed by atoms with van der Waals surface area (Å²) in [5.41, 5.74) is 0.0212. The minimum absolute atomic E-state index is 0.0212. The van der Waals surface area contributed by atoms with Crippen LogP contribution in [0.3, 0.4) is 0 Å². The zero-order valence-electron chi connectivity index (χ0n) is 10.5. The summed E-state index contributed by atoms with van der Waals surface area (Å²) in [5, 5.41) is 11.3. The molecule has 0 bridgehead atoms. The summed E-state index contributed by atoms with van der Waals surface area (Å²) in [6.07, 6.45) is 3.13. The van der Waals surface area contributed by atoms with Gasteiger partial charge in [0, 0.05) is 19.4 Å². The van der Waals surface area contributed by atoms with Crippen molar-refractivity contribution >= 4 is 11.9 Å². The maximum atomic E-state index is 11.4. The highest BCUT2D eigenvalue weighted by Gasteiger charge is 2.14. The molecule has 4 nitrogen and oxygen atoms in total. The third-order valence-electron chi connectivity index (χ3n) is 2.08. The van der Waals surface area contributed by atoms with Crippen LogP contribution in [0.5, 0.6) is 0 Å². The zero-order chi connectivity index (χ0) is 12.6. The lowest BCUT2D eigenvalue weighted by molar-refractivity contribution is -0.137. The Balaban J connectivity index is 3.38. The first-order valence-corrected chi connectivity index (χ1v) is 5.80. The van der Waals surface area contributed by atoms with Crippen molar-refractivity contribution in [2.24, 2.45) is 5.41 Å². The van der Waals surface area contributed by atoms with E-state index in [9.17, 15) is 9.59 Å². The highest BCUT2D eigenvalue weighted by molar-refractivity contribution is 5.76. The summed E-state index contributed by atoms with van der Waals surface area (Å²) < 4.78 is 0. The van der Waals surface area contributed by atoms with Crippen LogP contribution >= 0.6 is 0 Å². The molecule has 0 saturated carbocycles. The molecule has 0 saturated heterocycles. The summed E-state index contributed by atoms with van der Waals surface area (Å²) in [4.78, 5) is 21.6. The maximum Gasteiger partial charge on any atom is 0.303 e. The number of carboxylic acids is 1. The average molecular weight is 229 g/mol. The largest absolute Gasteiger partial charge is 0.481 e. The second-order valence-electron chi connectivity index (χ2n) is 5.29.